The monoisotopic (exact) mass is 498 g/mol. The van der Waals surface area contributed by atoms with Crippen LogP contribution < -0.4 is 5.73 Å². The van der Waals surface area contributed by atoms with Gasteiger partial charge in [-0.25, -0.2) is 4.79 Å². The van der Waals surface area contributed by atoms with E-state index in [1.54, 1.807) is 4.90 Å². The van der Waals surface area contributed by atoms with E-state index >= 15 is 0 Å². The lowest BCUT2D eigenvalue weighted by Gasteiger charge is -2.36. The molecule has 0 spiro atoms. The molecule has 1 aliphatic rings. The summed E-state index contributed by atoms with van der Waals surface area (Å²) in [6, 6.07) is 0. The lowest BCUT2D eigenvalue weighted by atomic mass is 10.1. The molecule has 8 nitrogen and oxygen atoms in total. The first-order valence-corrected chi connectivity index (χ1v) is 9.32. The van der Waals surface area contributed by atoms with Gasteiger partial charge in [0.25, 0.3) is 0 Å². The standard InChI is InChI=1S/C18H34N4O4.HI/c1-18(2,3)26-17(24)22-13-11-21(12-14-22)16(19)20-10-8-6-5-7-9-15(23)25-4;/h5-14H2,1-4H3,(H2,19,20);1H. The normalized spacial score (nSPS) is 15.2. The molecule has 0 bridgehead atoms. The van der Waals surface area contributed by atoms with Crippen LogP contribution in [-0.4, -0.2) is 73.3 Å². The van der Waals surface area contributed by atoms with Crippen LogP contribution in [0.15, 0.2) is 4.99 Å². The van der Waals surface area contributed by atoms with Crippen molar-refractivity contribution in [1.29, 1.82) is 0 Å². The van der Waals surface area contributed by atoms with Gasteiger partial charge in [0.05, 0.1) is 7.11 Å². The van der Waals surface area contributed by atoms with E-state index in [-0.39, 0.29) is 36.0 Å². The van der Waals surface area contributed by atoms with Gasteiger partial charge in [0.2, 0.25) is 0 Å². The van der Waals surface area contributed by atoms with Gasteiger partial charge < -0.3 is 25.0 Å². The van der Waals surface area contributed by atoms with Crippen molar-refractivity contribution in [2.24, 2.45) is 10.7 Å². The van der Waals surface area contributed by atoms with Crippen molar-refractivity contribution in [3.8, 4) is 0 Å². The number of amides is 1. The van der Waals surface area contributed by atoms with Crippen molar-refractivity contribution < 1.29 is 19.1 Å². The molecule has 1 heterocycles. The molecule has 0 aromatic carbocycles. The van der Waals surface area contributed by atoms with Crippen molar-refractivity contribution in [3.63, 3.8) is 0 Å². The van der Waals surface area contributed by atoms with Crippen LogP contribution in [0, 0.1) is 0 Å². The van der Waals surface area contributed by atoms with Gasteiger partial charge in [-0.1, -0.05) is 12.8 Å². The maximum Gasteiger partial charge on any atom is 0.410 e. The van der Waals surface area contributed by atoms with Crippen molar-refractivity contribution in [2.75, 3.05) is 39.8 Å². The highest BCUT2D eigenvalue weighted by atomic mass is 127. The molecule has 0 aromatic rings. The lowest BCUT2D eigenvalue weighted by Crippen LogP contribution is -2.53. The molecule has 0 atom stereocenters. The first-order chi connectivity index (χ1) is 12.2. The Labute approximate surface area is 179 Å². The number of unbranched alkanes of at least 4 members (excludes halogenated alkanes) is 3. The van der Waals surface area contributed by atoms with Crippen molar-refractivity contribution >= 4 is 42.0 Å². The fourth-order valence-electron chi connectivity index (χ4n) is 2.57. The summed E-state index contributed by atoms with van der Waals surface area (Å²) in [6.07, 6.45) is 3.99. The van der Waals surface area contributed by atoms with Crippen LogP contribution in [0.1, 0.15) is 52.9 Å². The smallest absolute Gasteiger partial charge is 0.410 e. The number of carbonyl (C=O) groups is 2. The number of ether oxygens (including phenoxy) is 2. The zero-order valence-corrected chi connectivity index (χ0v) is 19.4. The van der Waals surface area contributed by atoms with Gasteiger partial charge in [0.1, 0.15) is 5.60 Å². The third-order valence-electron chi connectivity index (χ3n) is 4.05. The molecule has 0 saturated carbocycles. The molecule has 0 aromatic heterocycles. The Morgan fingerprint density at radius 2 is 1.56 bits per heavy atom. The van der Waals surface area contributed by atoms with Gasteiger partial charge >= 0.3 is 12.1 Å². The second kappa shape index (κ2) is 13.0. The number of nitrogens with two attached hydrogens (primary N) is 1. The SMILES string of the molecule is COC(=O)CCCCCCN=C(N)N1CCN(C(=O)OC(C)(C)C)CC1.I. The molecule has 27 heavy (non-hydrogen) atoms. The van der Waals surface area contributed by atoms with Crippen LogP contribution in [0.3, 0.4) is 0 Å². The number of carbonyl (C=O) groups excluding carboxylic acids is 2. The van der Waals surface area contributed by atoms with Crippen LogP contribution >= 0.6 is 24.0 Å². The highest BCUT2D eigenvalue weighted by Crippen LogP contribution is 2.12. The lowest BCUT2D eigenvalue weighted by molar-refractivity contribution is -0.140. The molecular weight excluding hydrogens is 463 g/mol. The van der Waals surface area contributed by atoms with Crippen LogP contribution in [0.4, 0.5) is 4.79 Å². The Balaban J connectivity index is 0.00000676. The summed E-state index contributed by atoms with van der Waals surface area (Å²) in [7, 11) is 1.41. The maximum atomic E-state index is 12.0. The van der Waals surface area contributed by atoms with Gasteiger partial charge in [0, 0.05) is 39.1 Å². The quantitative estimate of drug-likeness (QED) is 0.191. The summed E-state index contributed by atoms with van der Waals surface area (Å²) in [4.78, 5) is 31.2. The fraction of sp³-hybridized carbons (Fsp3) is 0.833. The van der Waals surface area contributed by atoms with E-state index in [9.17, 15) is 9.59 Å². The Kier molecular flexibility index (Phi) is 12.4. The van der Waals surface area contributed by atoms with E-state index in [0.29, 0.717) is 45.1 Å². The van der Waals surface area contributed by atoms with E-state index in [4.69, 9.17) is 10.5 Å². The summed E-state index contributed by atoms with van der Waals surface area (Å²) in [6.45, 7) is 8.75. The molecule has 1 amide bonds. The molecule has 1 aliphatic heterocycles. The average molecular weight is 498 g/mol. The second-order valence-electron chi connectivity index (χ2n) is 7.43. The molecule has 1 rings (SSSR count). The minimum Gasteiger partial charge on any atom is -0.469 e. The molecule has 158 valence electrons. The third kappa shape index (κ3) is 11.2. The van der Waals surface area contributed by atoms with Crippen LogP contribution in [0.5, 0.6) is 0 Å². The molecule has 1 saturated heterocycles. The first-order valence-electron chi connectivity index (χ1n) is 9.32. The van der Waals surface area contributed by atoms with Gasteiger partial charge in [-0.3, -0.25) is 9.79 Å². The number of esters is 1. The Bertz CT molecular complexity index is 486. The summed E-state index contributed by atoms with van der Waals surface area (Å²) in [5, 5.41) is 0. The number of nitrogens with zero attached hydrogens (tertiary/aromatic N) is 3. The summed E-state index contributed by atoms with van der Waals surface area (Å²) in [5.74, 6) is 0.376. The first kappa shape index (κ1) is 25.7. The number of hydrogen-bond donors (Lipinski definition) is 1. The van der Waals surface area contributed by atoms with Gasteiger partial charge in [-0.15, -0.1) is 24.0 Å². The summed E-state index contributed by atoms with van der Waals surface area (Å²) >= 11 is 0. The maximum absolute atomic E-state index is 12.0. The number of piperazine rings is 1. The van der Waals surface area contributed by atoms with Gasteiger partial charge in [-0.05, 0) is 33.6 Å². The number of methoxy groups -OCH3 is 1. The van der Waals surface area contributed by atoms with Crippen LogP contribution in [0.25, 0.3) is 0 Å². The van der Waals surface area contributed by atoms with Gasteiger partial charge in [-0.2, -0.15) is 0 Å². The Hall–Kier alpha value is -1.26. The molecule has 0 unspecified atom stereocenters. The highest BCUT2D eigenvalue weighted by Gasteiger charge is 2.26. The zero-order valence-electron chi connectivity index (χ0n) is 17.0. The number of rotatable bonds is 7. The van der Waals surface area contributed by atoms with E-state index in [1.807, 2.05) is 25.7 Å². The fourth-order valence-corrected chi connectivity index (χ4v) is 2.57. The Morgan fingerprint density at radius 3 is 2.11 bits per heavy atom. The number of aliphatic imine (C=N–C) groups is 1. The molecule has 9 heteroatoms. The Morgan fingerprint density at radius 1 is 1.00 bits per heavy atom. The largest absolute Gasteiger partial charge is 0.469 e. The number of hydrogen-bond acceptors (Lipinski definition) is 5. The molecule has 2 N–H and O–H groups in total. The van der Waals surface area contributed by atoms with E-state index in [0.717, 1.165) is 25.7 Å². The molecular formula is C18H35IN4O4. The zero-order chi connectivity index (χ0) is 19.6. The highest BCUT2D eigenvalue weighted by molar-refractivity contribution is 14.0. The number of halogens is 1. The average Bonchev–Trinajstić information content (AvgIpc) is 2.59. The minimum atomic E-state index is -0.481. The predicted octanol–water partition coefficient (Wildman–Crippen LogP) is 2.60. The van der Waals surface area contributed by atoms with Crippen LogP contribution in [0.2, 0.25) is 0 Å². The van der Waals surface area contributed by atoms with Crippen molar-refractivity contribution in [3.05, 3.63) is 0 Å². The third-order valence-corrected chi connectivity index (χ3v) is 4.05. The van der Waals surface area contributed by atoms with Crippen molar-refractivity contribution in [1.82, 2.24) is 9.80 Å². The topological polar surface area (TPSA) is 97.5 Å². The number of guanidine groups is 1. The second-order valence-corrected chi connectivity index (χ2v) is 7.43. The van der Waals surface area contributed by atoms with E-state index in [1.165, 1.54) is 7.11 Å². The van der Waals surface area contributed by atoms with Crippen molar-refractivity contribution in [2.45, 2.75) is 58.5 Å². The van der Waals surface area contributed by atoms with E-state index < -0.39 is 5.60 Å². The predicted molar refractivity (Wildman–Crippen MR) is 116 cm³/mol. The molecule has 0 aliphatic carbocycles. The summed E-state index contributed by atoms with van der Waals surface area (Å²) < 4.78 is 9.99. The minimum absolute atomic E-state index is 0. The summed E-state index contributed by atoms with van der Waals surface area (Å²) in [5.41, 5.74) is 5.57. The van der Waals surface area contributed by atoms with Gasteiger partial charge in [0.15, 0.2) is 5.96 Å². The molecule has 1 fully saturated rings. The van der Waals surface area contributed by atoms with E-state index in [2.05, 4.69) is 9.73 Å². The van der Waals surface area contributed by atoms with Crippen LogP contribution in [-0.2, 0) is 14.3 Å². The molecule has 0 radical (unpaired) electrons.